The minimum Gasteiger partial charge on any atom is -0.459 e. The highest BCUT2D eigenvalue weighted by Gasteiger charge is 2.19. The zero-order valence-electron chi connectivity index (χ0n) is 13.2. The summed E-state index contributed by atoms with van der Waals surface area (Å²) in [7, 11) is 0. The Morgan fingerprint density at radius 1 is 1.04 bits per heavy atom. The van der Waals surface area contributed by atoms with Crippen molar-refractivity contribution in [3.05, 3.63) is 56.5 Å². The number of nitrogens with one attached hydrogen (secondary N) is 1. The summed E-state index contributed by atoms with van der Waals surface area (Å²) < 4.78 is 15.6. The van der Waals surface area contributed by atoms with E-state index in [4.69, 9.17) is 49.0 Å². The van der Waals surface area contributed by atoms with Gasteiger partial charge in [-0.2, -0.15) is 0 Å². The van der Waals surface area contributed by atoms with Gasteiger partial charge < -0.3 is 19.5 Å². The van der Waals surface area contributed by atoms with Crippen LogP contribution in [0.2, 0.25) is 15.1 Å². The molecule has 2 aromatic carbocycles. The summed E-state index contributed by atoms with van der Waals surface area (Å²) in [6.45, 7) is -0.214. The number of fused-ring (bicyclic) bond motifs is 1. The van der Waals surface area contributed by atoms with E-state index in [-0.39, 0.29) is 30.5 Å². The Balaban J connectivity index is 1.51. The maximum Gasteiger partial charge on any atom is 0.325 e. The fourth-order valence-corrected chi connectivity index (χ4v) is 2.80. The van der Waals surface area contributed by atoms with E-state index in [2.05, 4.69) is 5.32 Å². The molecule has 0 unspecified atom stereocenters. The van der Waals surface area contributed by atoms with Gasteiger partial charge in [-0.05, 0) is 35.9 Å². The second-order valence-electron chi connectivity index (χ2n) is 5.28. The second kappa shape index (κ2) is 8.03. The lowest BCUT2D eigenvalue weighted by molar-refractivity contribution is -0.143. The second-order valence-corrected chi connectivity index (χ2v) is 6.51. The monoisotopic (exact) mass is 415 g/mol. The summed E-state index contributed by atoms with van der Waals surface area (Å²) in [6.07, 6.45) is 0. The molecule has 0 atom stereocenters. The van der Waals surface area contributed by atoms with E-state index in [0.717, 1.165) is 0 Å². The van der Waals surface area contributed by atoms with Crippen molar-refractivity contribution in [1.82, 2.24) is 5.32 Å². The highest BCUT2D eigenvalue weighted by atomic mass is 35.5. The average molecular weight is 417 g/mol. The fraction of sp³-hybridized carbons (Fsp3) is 0.176. The molecular formula is C17H12Cl3NO5. The summed E-state index contributed by atoms with van der Waals surface area (Å²) in [5, 5.41) is 3.41. The van der Waals surface area contributed by atoms with Crippen molar-refractivity contribution in [3.63, 3.8) is 0 Å². The van der Waals surface area contributed by atoms with E-state index in [9.17, 15) is 9.59 Å². The van der Waals surface area contributed by atoms with Crippen molar-refractivity contribution in [3.8, 4) is 11.5 Å². The predicted molar refractivity (Wildman–Crippen MR) is 96.2 cm³/mol. The van der Waals surface area contributed by atoms with Gasteiger partial charge in [0.15, 0.2) is 11.5 Å². The highest BCUT2D eigenvalue weighted by molar-refractivity contribution is 6.42. The number of rotatable bonds is 5. The van der Waals surface area contributed by atoms with Gasteiger partial charge in [-0.1, -0.05) is 34.8 Å². The number of hydrogen-bond donors (Lipinski definition) is 1. The minimum atomic E-state index is -0.604. The van der Waals surface area contributed by atoms with E-state index in [1.54, 1.807) is 12.1 Å². The van der Waals surface area contributed by atoms with Gasteiger partial charge in [-0.25, -0.2) is 0 Å². The number of hydrogen-bond acceptors (Lipinski definition) is 5. The van der Waals surface area contributed by atoms with Crippen LogP contribution in [0.15, 0.2) is 30.3 Å². The number of halogens is 3. The number of carbonyl (C=O) groups excluding carboxylic acids is 2. The molecular weight excluding hydrogens is 405 g/mol. The van der Waals surface area contributed by atoms with Crippen LogP contribution in [0.1, 0.15) is 15.9 Å². The van der Waals surface area contributed by atoms with Crippen LogP contribution >= 0.6 is 34.8 Å². The van der Waals surface area contributed by atoms with Crippen molar-refractivity contribution < 1.29 is 23.8 Å². The zero-order valence-corrected chi connectivity index (χ0v) is 15.5. The van der Waals surface area contributed by atoms with Crippen LogP contribution in [0.5, 0.6) is 11.5 Å². The smallest absolute Gasteiger partial charge is 0.325 e. The summed E-state index contributed by atoms with van der Waals surface area (Å²) in [4.78, 5) is 23.8. The number of carbonyl (C=O) groups is 2. The van der Waals surface area contributed by atoms with E-state index in [1.165, 1.54) is 18.2 Å². The lowest BCUT2D eigenvalue weighted by Gasteiger charge is -2.08. The van der Waals surface area contributed by atoms with Crippen LogP contribution < -0.4 is 14.8 Å². The molecule has 1 amide bonds. The maximum atomic E-state index is 12.0. The van der Waals surface area contributed by atoms with Gasteiger partial charge in [-0.3, -0.25) is 9.59 Å². The number of esters is 1. The summed E-state index contributed by atoms with van der Waals surface area (Å²) >= 11 is 17.7. The van der Waals surface area contributed by atoms with Crippen LogP contribution in [0.3, 0.4) is 0 Å². The Kier molecular flexibility index (Phi) is 5.76. The fourth-order valence-electron chi connectivity index (χ4n) is 2.21. The first-order valence-electron chi connectivity index (χ1n) is 7.41. The molecule has 2 aromatic rings. The Hall–Kier alpha value is -2.15. The minimum absolute atomic E-state index is 0.0160. The van der Waals surface area contributed by atoms with Crippen molar-refractivity contribution in [2.24, 2.45) is 0 Å². The van der Waals surface area contributed by atoms with Crippen molar-refractivity contribution in [2.45, 2.75) is 6.61 Å². The predicted octanol–water partition coefficient (Wildman–Crippen LogP) is 3.85. The van der Waals surface area contributed by atoms with Crippen LogP contribution in [0.4, 0.5) is 0 Å². The average Bonchev–Trinajstić information content (AvgIpc) is 3.09. The SMILES string of the molecule is O=C(CNC(=O)c1ccc(Cl)c(Cl)c1)OCc1cc(Cl)c2c(c1)OCO2. The molecule has 1 aliphatic heterocycles. The normalized spacial score (nSPS) is 12.0. The van der Waals surface area contributed by atoms with E-state index in [1.807, 2.05) is 0 Å². The summed E-state index contributed by atoms with van der Waals surface area (Å²) in [5.74, 6) is -0.106. The molecule has 0 radical (unpaired) electrons. The molecule has 0 bridgehead atoms. The van der Waals surface area contributed by atoms with Crippen LogP contribution in [0.25, 0.3) is 0 Å². The molecule has 9 heteroatoms. The molecule has 6 nitrogen and oxygen atoms in total. The summed E-state index contributed by atoms with van der Waals surface area (Å²) in [5.41, 5.74) is 0.929. The van der Waals surface area contributed by atoms with Crippen LogP contribution in [-0.4, -0.2) is 25.2 Å². The lowest BCUT2D eigenvalue weighted by Crippen LogP contribution is -2.30. The van der Waals surface area contributed by atoms with Gasteiger partial charge in [0.2, 0.25) is 6.79 Å². The van der Waals surface area contributed by atoms with Crippen molar-refractivity contribution in [2.75, 3.05) is 13.3 Å². The third kappa shape index (κ3) is 4.33. The van der Waals surface area contributed by atoms with Gasteiger partial charge in [0.25, 0.3) is 5.91 Å². The molecule has 1 heterocycles. The van der Waals surface area contributed by atoms with Gasteiger partial charge in [0.1, 0.15) is 13.2 Å². The first-order valence-corrected chi connectivity index (χ1v) is 8.54. The molecule has 0 aliphatic carbocycles. The summed E-state index contributed by atoms with van der Waals surface area (Å²) in [6, 6.07) is 7.72. The van der Waals surface area contributed by atoms with Gasteiger partial charge in [0.05, 0.1) is 15.1 Å². The molecule has 1 N–H and O–H groups in total. The molecule has 0 saturated heterocycles. The molecule has 26 heavy (non-hydrogen) atoms. The molecule has 1 aliphatic rings. The molecule has 0 fully saturated rings. The van der Waals surface area contributed by atoms with Gasteiger partial charge in [-0.15, -0.1) is 0 Å². The quantitative estimate of drug-likeness (QED) is 0.750. The molecule has 136 valence electrons. The Morgan fingerprint density at radius 2 is 1.85 bits per heavy atom. The largest absolute Gasteiger partial charge is 0.459 e. The first-order chi connectivity index (χ1) is 12.4. The number of amides is 1. The van der Waals surface area contributed by atoms with Crippen LogP contribution in [0, 0.1) is 0 Å². The van der Waals surface area contributed by atoms with E-state index < -0.39 is 11.9 Å². The highest BCUT2D eigenvalue weighted by Crippen LogP contribution is 2.39. The topological polar surface area (TPSA) is 73.9 Å². The van der Waals surface area contributed by atoms with Gasteiger partial charge in [0, 0.05) is 5.56 Å². The first kappa shape index (κ1) is 18.6. The van der Waals surface area contributed by atoms with E-state index in [0.29, 0.717) is 27.1 Å². The molecule has 0 saturated carbocycles. The lowest BCUT2D eigenvalue weighted by atomic mass is 10.2. The zero-order chi connectivity index (χ0) is 18.7. The third-order valence-corrected chi connectivity index (χ3v) is 4.48. The van der Waals surface area contributed by atoms with E-state index >= 15 is 0 Å². The maximum absolute atomic E-state index is 12.0. The number of ether oxygens (including phenoxy) is 3. The number of benzene rings is 2. The van der Waals surface area contributed by atoms with Crippen LogP contribution in [-0.2, 0) is 16.1 Å². The van der Waals surface area contributed by atoms with Crippen molar-refractivity contribution in [1.29, 1.82) is 0 Å². The molecule has 3 rings (SSSR count). The Morgan fingerprint density at radius 3 is 2.62 bits per heavy atom. The Labute approximate surface area is 163 Å². The third-order valence-electron chi connectivity index (χ3n) is 3.46. The molecule has 0 aromatic heterocycles. The molecule has 0 spiro atoms. The Bertz CT molecular complexity index is 872. The van der Waals surface area contributed by atoms with Gasteiger partial charge >= 0.3 is 5.97 Å². The van der Waals surface area contributed by atoms with Crippen molar-refractivity contribution >= 4 is 46.7 Å². The standard InChI is InChI=1S/C17H12Cl3NO5/c18-11-2-1-10(5-12(11)19)17(23)21-6-15(22)24-7-9-3-13(20)16-14(4-9)25-8-26-16/h1-5H,6-8H2,(H,21,23).